The molecule has 0 aliphatic heterocycles. The highest BCUT2D eigenvalue weighted by molar-refractivity contribution is 6.28. The molecule has 6 nitrogen and oxygen atoms in total. The summed E-state index contributed by atoms with van der Waals surface area (Å²) in [6, 6.07) is 7.02. The van der Waals surface area contributed by atoms with Gasteiger partial charge in [-0.1, -0.05) is 12.1 Å². The lowest BCUT2D eigenvalue weighted by atomic mass is 10.2. The third kappa shape index (κ3) is 3.06. The summed E-state index contributed by atoms with van der Waals surface area (Å²) < 4.78 is 5.43. The van der Waals surface area contributed by atoms with Crippen LogP contribution in [-0.2, 0) is 6.61 Å². The molecule has 1 aromatic carbocycles. The minimum Gasteiger partial charge on any atom is -0.424 e. The highest BCUT2D eigenvalue weighted by atomic mass is 35.5. The summed E-state index contributed by atoms with van der Waals surface area (Å²) >= 11 is 5.73. The highest BCUT2D eigenvalue weighted by Crippen LogP contribution is 2.20. The van der Waals surface area contributed by atoms with Crippen LogP contribution in [0.15, 0.2) is 24.3 Å². The van der Waals surface area contributed by atoms with E-state index in [1.807, 2.05) is 0 Å². The number of benzene rings is 1. The molecule has 18 heavy (non-hydrogen) atoms. The lowest BCUT2D eigenvalue weighted by molar-refractivity contribution is 0.281. The predicted molar refractivity (Wildman–Crippen MR) is 66.8 cm³/mol. The van der Waals surface area contributed by atoms with Crippen LogP contribution in [-0.4, -0.2) is 27.1 Å². The van der Waals surface area contributed by atoms with E-state index in [1.54, 1.807) is 31.3 Å². The molecule has 7 heteroatoms. The molecule has 0 saturated heterocycles. The van der Waals surface area contributed by atoms with E-state index in [0.29, 0.717) is 11.7 Å². The maximum atomic E-state index is 8.92. The van der Waals surface area contributed by atoms with E-state index >= 15 is 0 Å². The van der Waals surface area contributed by atoms with Crippen molar-refractivity contribution < 1.29 is 9.84 Å². The topological polar surface area (TPSA) is 80.2 Å². The first-order valence-corrected chi connectivity index (χ1v) is 5.56. The number of aliphatic hydroxyl groups is 1. The highest BCUT2D eigenvalue weighted by Gasteiger charge is 2.06. The van der Waals surface area contributed by atoms with Crippen molar-refractivity contribution in [2.45, 2.75) is 6.61 Å². The number of ether oxygens (including phenoxy) is 1. The van der Waals surface area contributed by atoms with Crippen molar-refractivity contribution in [1.82, 2.24) is 15.0 Å². The van der Waals surface area contributed by atoms with Crippen LogP contribution in [0, 0.1) is 0 Å². The lowest BCUT2D eigenvalue weighted by Gasteiger charge is -2.05. The van der Waals surface area contributed by atoms with Crippen molar-refractivity contribution in [1.29, 1.82) is 0 Å². The smallest absolute Gasteiger partial charge is 0.328 e. The summed E-state index contributed by atoms with van der Waals surface area (Å²) in [6.07, 6.45) is 0. The second-order valence-electron chi connectivity index (χ2n) is 3.36. The summed E-state index contributed by atoms with van der Waals surface area (Å²) in [7, 11) is 1.67. The molecule has 1 aromatic heterocycles. The van der Waals surface area contributed by atoms with Gasteiger partial charge in [0.1, 0.15) is 5.75 Å². The number of hydrogen-bond donors (Lipinski definition) is 2. The number of anilines is 1. The van der Waals surface area contributed by atoms with E-state index in [1.165, 1.54) is 0 Å². The van der Waals surface area contributed by atoms with Crippen LogP contribution < -0.4 is 10.1 Å². The first-order chi connectivity index (χ1) is 8.71. The molecule has 0 bridgehead atoms. The third-order valence-electron chi connectivity index (χ3n) is 2.13. The van der Waals surface area contributed by atoms with Crippen molar-refractivity contribution in [2.75, 3.05) is 12.4 Å². The van der Waals surface area contributed by atoms with E-state index in [9.17, 15) is 0 Å². The molecule has 0 unspecified atom stereocenters. The number of nitrogens with zero attached hydrogens (tertiary/aromatic N) is 3. The first-order valence-electron chi connectivity index (χ1n) is 5.18. The van der Waals surface area contributed by atoms with Gasteiger partial charge in [-0.25, -0.2) is 0 Å². The summed E-state index contributed by atoms with van der Waals surface area (Å²) in [6.45, 7) is -0.0121. The minimum absolute atomic E-state index is 0.0121. The summed E-state index contributed by atoms with van der Waals surface area (Å²) in [5.74, 6) is 0.883. The van der Waals surface area contributed by atoms with E-state index < -0.39 is 0 Å². The molecule has 2 N–H and O–H groups in total. The van der Waals surface area contributed by atoms with E-state index in [0.717, 1.165) is 5.56 Å². The molecule has 94 valence electrons. The first kappa shape index (κ1) is 12.5. The molecule has 2 aromatic rings. The van der Waals surface area contributed by atoms with Crippen molar-refractivity contribution in [3.8, 4) is 11.8 Å². The fourth-order valence-corrected chi connectivity index (χ4v) is 1.41. The van der Waals surface area contributed by atoms with Gasteiger partial charge >= 0.3 is 6.01 Å². The van der Waals surface area contributed by atoms with E-state index in [-0.39, 0.29) is 17.9 Å². The molecular formula is C11H11ClN4O2. The summed E-state index contributed by atoms with van der Waals surface area (Å²) in [5, 5.41) is 11.7. The van der Waals surface area contributed by atoms with E-state index in [4.69, 9.17) is 21.4 Å². The number of hydrogen-bond acceptors (Lipinski definition) is 6. The van der Waals surface area contributed by atoms with Gasteiger partial charge in [0.25, 0.3) is 0 Å². The molecule has 0 spiro atoms. The largest absolute Gasteiger partial charge is 0.424 e. The van der Waals surface area contributed by atoms with Crippen LogP contribution in [0.25, 0.3) is 0 Å². The van der Waals surface area contributed by atoms with Gasteiger partial charge in [0, 0.05) is 7.05 Å². The number of aromatic nitrogens is 3. The molecule has 0 aliphatic carbocycles. The van der Waals surface area contributed by atoms with Crippen LogP contribution in [0.2, 0.25) is 5.28 Å². The summed E-state index contributed by atoms with van der Waals surface area (Å²) in [4.78, 5) is 11.7. The Hall–Kier alpha value is -1.92. The second kappa shape index (κ2) is 5.61. The quantitative estimate of drug-likeness (QED) is 0.879. The van der Waals surface area contributed by atoms with Gasteiger partial charge in [-0.3, -0.25) is 0 Å². The Balaban J connectivity index is 2.19. The molecule has 0 fully saturated rings. The Labute approximate surface area is 109 Å². The Kier molecular flexibility index (Phi) is 3.91. The molecule has 0 amide bonds. The molecular weight excluding hydrogens is 256 g/mol. The van der Waals surface area contributed by atoms with Gasteiger partial charge < -0.3 is 15.2 Å². The molecule has 1 heterocycles. The average Bonchev–Trinajstić information content (AvgIpc) is 2.39. The monoisotopic (exact) mass is 266 g/mol. The SMILES string of the molecule is CNc1nc(Cl)nc(Oc2ccc(CO)cc2)n1. The fourth-order valence-electron chi connectivity index (χ4n) is 1.26. The van der Waals surface area contributed by atoms with Gasteiger partial charge in [0.05, 0.1) is 6.61 Å². The van der Waals surface area contributed by atoms with Crippen LogP contribution in [0.4, 0.5) is 5.95 Å². The standard InChI is InChI=1S/C11H11ClN4O2/c1-13-10-14-9(12)15-11(16-10)18-8-4-2-7(6-17)3-5-8/h2-5,17H,6H2,1H3,(H,13,14,15,16). The summed E-state index contributed by atoms with van der Waals surface area (Å²) in [5.41, 5.74) is 0.798. The van der Waals surface area contributed by atoms with Gasteiger partial charge in [0.2, 0.25) is 11.2 Å². The molecule has 0 saturated carbocycles. The Morgan fingerprint density at radius 1 is 1.22 bits per heavy atom. The predicted octanol–water partition coefficient (Wildman–Crippen LogP) is 1.85. The second-order valence-corrected chi connectivity index (χ2v) is 3.70. The molecule has 0 aliphatic rings. The molecule has 0 radical (unpaired) electrons. The fraction of sp³-hybridized carbons (Fsp3) is 0.182. The van der Waals surface area contributed by atoms with Crippen LogP contribution in [0.3, 0.4) is 0 Å². The number of nitrogens with one attached hydrogen (secondary N) is 1. The van der Waals surface area contributed by atoms with E-state index in [2.05, 4.69) is 20.3 Å². The normalized spacial score (nSPS) is 10.2. The average molecular weight is 267 g/mol. The van der Waals surface area contributed by atoms with Crippen molar-refractivity contribution in [2.24, 2.45) is 0 Å². The Morgan fingerprint density at radius 3 is 2.56 bits per heavy atom. The lowest BCUT2D eigenvalue weighted by Crippen LogP contribution is -2.01. The van der Waals surface area contributed by atoms with Crippen LogP contribution in [0.5, 0.6) is 11.8 Å². The van der Waals surface area contributed by atoms with Crippen molar-refractivity contribution in [3.63, 3.8) is 0 Å². The van der Waals surface area contributed by atoms with Crippen LogP contribution in [0.1, 0.15) is 5.56 Å². The third-order valence-corrected chi connectivity index (χ3v) is 2.30. The van der Waals surface area contributed by atoms with Crippen molar-refractivity contribution >= 4 is 17.5 Å². The van der Waals surface area contributed by atoms with Crippen LogP contribution >= 0.6 is 11.6 Å². The zero-order valence-electron chi connectivity index (χ0n) is 9.59. The number of rotatable bonds is 4. The van der Waals surface area contributed by atoms with Gasteiger partial charge in [-0.05, 0) is 29.3 Å². The van der Waals surface area contributed by atoms with Gasteiger partial charge in [-0.15, -0.1) is 0 Å². The number of aliphatic hydroxyl groups excluding tert-OH is 1. The van der Waals surface area contributed by atoms with Crippen molar-refractivity contribution in [3.05, 3.63) is 35.1 Å². The van der Waals surface area contributed by atoms with Gasteiger partial charge in [0.15, 0.2) is 0 Å². The number of halogens is 1. The molecule has 2 rings (SSSR count). The maximum Gasteiger partial charge on any atom is 0.328 e. The molecule has 0 atom stereocenters. The maximum absolute atomic E-state index is 8.92. The van der Waals surface area contributed by atoms with Gasteiger partial charge in [-0.2, -0.15) is 15.0 Å². The Morgan fingerprint density at radius 2 is 1.94 bits per heavy atom. The Bertz CT molecular complexity index is 533. The minimum atomic E-state index is -0.0121. The zero-order chi connectivity index (χ0) is 13.0. The zero-order valence-corrected chi connectivity index (χ0v) is 10.3.